The van der Waals surface area contributed by atoms with Crippen molar-refractivity contribution in [2.75, 3.05) is 5.73 Å². The zero-order chi connectivity index (χ0) is 15.0. The third kappa shape index (κ3) is 2.50. The van der Waals surface area contributed by atoms with Gasteiger partial charge in [0.1, 0.15) is 5.82 Å². The molecule has 0 saturated heterocycles. The fourth-order valence-corrected chi connectivity index (χ4v) is 2.49. The van der Waals surface area contributed by atoms with Crippen LogP contribution in [0.5, 0.6) is 0 Å². The van der Waals surface area contributed by atoms with Crippen LogP contribution in [0, 0.1) is 6.92 Å². The molecule has 1 aromatic heterocycles. The van der Waals surface area contributed by atoms with E-state index in [9.17, 15) is 0 Å². The highest BCUT2D eigenvalue weighted by molar-refractivity contribution is 6.42. The van der Waals surface area contributed by atoms with Gasteiger partial charge in [0, 0.05) is 11.1 Å². The quantitative estimate of drug-likeness (QED) is 0.742. The lowest BCUT2D eigenvalue weighted by molar-refractivity contribution is 0.895. The second kappa shape index (κ2) is 5.43. The van der Waals surface area contributed by atoms with Gasteiger partial charge in [-0.15, -0.1) is 0 Å². The van der Waals surface area contributed by atoms with Gasteiger partial charge in [0.25, 0.3) is 0 Å². The van der Waals surface area contributed by atoms with E-state index in [1.165, 1.54) is 0 Å². The van der Waals surface area contributed by atoms with Gasteiger partial charge in [-0.1, -0.05) is 47.5 Å². The summed E-state index contributed by atoms with van der Waals surface area (Å²) in [5, 5.41) is 5.63. The van der Waals surface area contributed by atoms with E-state index in [4.69, 9.17) is 28.9 Å². The monoisotopic (exact) mass is 317 g/mol. The highest BCUT2D eigenvalue weighted by Crippen LogP contribution is 2.32. The number of nitrogens with two attached hydrogens (primary N) is 1. The number of para-hydroxylation sites is 1. The first kappa shape index (κ1) is 14.0. The summed E-state index contributed by atoms with van der Waals surface area (Å²) in [5.41, 5.74) is 9.71. The van der Waals surface area contributed by atoms with Crippen LogP contribution in [0.2, 0.25) is 10.0 Å². The Morgan fingerprint density at radius 2 is 1.71 bits per heavy atom. The van der Waals surface area contributed by atoms with Gasteiger partial charge in [-0.05, 0) is 31.2 Å². The van der Waals surface area contributed by atoms with Gasteiger partial charge in [0.05, 0.1) is 21.4 Å². The lowest BCUT2D eigenvalue weighted by atomic mass is 10.1. The van der Waals surface area contributed by atoms with Crippen molar-refractivity contribution in [1.29, 1.82) is 0 Å². The van der Waals surface area contributed by atoms with E-state index in [1.54, 1.807) is 16.8 Å². The zero-order valence-electron chi connectivity index (χ0n) is 11.3. The first-order valence-electron chi connectivity index (χ1n) is 6.44. The Morgan fingerprint density at radius 3 is 2.38 bits per heavy atom. The van der Waals surface area contributed by atoms with Gasteiger partial charge < -0.3 is 5.73 Å². The summed E-state index contributed by atoms with van der Waals surface area (Å²) >= 11 is 12.0. The number of hydrogen-bond donors (Lipinski definition) is 1. The Morgan fingerprint density at radius 1 is 1.00 bits per heavy atom. The first-order chi connectivity index (χ1) is 10.1. The number of nitrogens with zero attached hydrogens (tertiary/aromatic N) is 2. The minimum Gasteiger partial charge on any atom is -0.383 e. The van der Waals surface area contributed by atoms with E-state index in [1.807, 2.05) is 43.3 Å². The first-order valence-corrected chi connectivity index (χ1v) is 7.19. The summed E-state index contributed by atoms with van der Waals surface area (Å²) in [6, 6.07) is 15.2. The van der Waals surface area contributed by atoms with Crippen LogP contribution in [0.1, 0.15) is 5.56 Å². The lowest BCUT2D eigenvalue weighted by Gasteiger charge is -2.03. The maximum atomic E-state index is 6.18. The SMILES string of the molecule is Cc1c(-c2ccc(Cl)c(Cl)c2)nn(-c2ccccc2)c1N. The number of nitrogen functional groups attached to an aromatic ring is 1. The largest absolute Gasteiger partial charge is 0.383 e. The van der Waals surface area contributed by atoms with Crippen LogP contribution in [0.4, 0.5) is 5.82 Å². The molecule has 3 rings (SSSR count). The van der Waals surface area contributed by atoms with E-state index in [2.05, 4.69) is 5.10 Å². The van der Waals surface area contributed by atoms with E-state index in [0.717, 1.165) is 22.5 Å². The number of rotatable bonds is 2. The topological polar surface area (TPSA) is 43.8 Å². The molecule has 0 atom stereocenters. The number of hydrogen-bond acceptors (Lipinski definition) is 2. The van der Waals surface area contributed by atoms with Crippen LogP contribution >= 0.6 is 23.2 Å². The molecule has 0 fully saturated rings. The molecule has 2 N–H and O–H groups in total. The molecule has 0 radical (unpaired) electrons. The highest BCUT2D eigenvalue weighted by Gasteiger charge is 2.15. The smallest absolute Gasteiger partial charge is 0.130 e. The zero-order valence-corrected chi connectivity index (χ0v) is 12.9. The molecule has 0 unspecified atom stereocenters. The molecule has 0 spiro atoms. The molecule has 0 aliphatic carbocycles. The second-order valence-electron chi connectivity index (χ2n) is 4.74. The Bertz CT molecular complexity index is 795. The predicted molar refractivity (Wildman–Crippen MR) is 88.2 cm³/mol. The molecule has 0 amide bonds. The molecule has 5 heteroatoms. The molecule has 106 valence electrons. The van der Waals surface area contributed by atoms with Gasteiger partial charge in [0.2, 0.25) is 0 Å². The van der Waals surface area contributed by atoms with Crippen molar-refractivity contribution < 1.29 is 0 Å². The average Bonchev–Trinajstić information content (AvgIpc) is 2.79. The van der Waals surface area contributed by atoms with Gasteiger partial charge in [-0.2, -0.15) is 5.10 Å². The van der Waals surface area contributed by atoms with E-state index >= 15 is 0 Å². The normalized spacial score (nSPS) is 10.8. The van der Waals surface area contributed by atoms with Gasteiger partial charge in [-0.3, -0.25) is 0 Å². The van der Waals surface area contributed by atoms with Crippen molar-refractivity contribution >= 4 is 29.0 Å². The maximum Gasteiger partial charge on any atom is 0.130 e. The minimum atomic E-state index is 0.501. The van der Waals surface area contributed by atoms with Crippen molar-refractivity contribution in [2.24, 2.45) is 0 Å². The molecular formula is C16H13Cl2N3. The Balaban J connectivity index is 2.15. The predicted octanol–water partition coefficient (Wildman–Crippen LogP) is 4.74. The van der Waals surface area contributed by atoms with Crippen LogP contribution in [0.25, 0.3) is 16.9 Å². The molecule has 3 nitrogen and oxygen atoms in total. The van der Waals surface area contributed by atoms with Crippen molar-refractivity contribution in [1.82, 2.24) is 9.78 Å². The summed E-state index contributed by atoms with van der Waals surface area (Å²) in [6.45, 7) is 1.94. The molecule has 0 bridgehead atoms. The number of aromatic nitrogens is 2. The Hall–Kier alpha value is -1.97. The summed E-state index contributed by atoms with van der Waals surface area (Å²) < 4.78 is 1.73. The Labute approximate surface area is 132 Å². The maximum absolute atomic E-state index is 6.18. The average molecular weight is 318 g/mol. The van der Waals surface area contributed by atoms with E-state index in [-0.39, 0.29) is 0 Å². The number of anilines is 1. The summed E-state index contributed by atoms with van der Waals surface area (Å²) in [4.78, 5) is 0. The van der Waals surface area contributed by atoms with E-state index < -0.39 is 0 Å². The van der Waals surface area contributed by atoms with E-state index in [0.29, 0.717) is 15.9 Å². The second-order valence-corrected chi connectivity index (χ2v) is 5.55. The standard InChI is InChI=1S/C16H13Cl2N3/c1-10-15(11-7-8-13(17)14(18)9-11)20-21(16(10)19)12-5-3-2-4-6-12/h2-9H,19H2,1H3. The number of halogens is 2. The molecule has 3 aromatic rings. The summed E-state index contributed by atoms with van der Waals surface area (Å²) in [5.74, 6) is 0.613. The van der Waals surface area contributed by atoms with Crippen LogP contribution < -0.4 is 5.73 Å². The van der Waals surface area contributed by atoms with Crippen LogP contribution in [-0.4, -0.2) is 9.78 Å². The van der Waals surface area contributed by atoms with Crippen LogP contribution in [0.3, 0.4) is 0 Å². The molecule has 0 aliphatic heterocycles. The molecule has 2 aromatic carbocycles. The Kier molecular flexibility index (Phi) is 3.62. The van der Waals surface area contributed by atoms with Crippen molar-refractivity contribution in [2.45, 2.75) is 6.92 Å². The third-order valence-corrected chi connectivity index (χ3v) is 4.10. The summed E-state index contributed by atoms with van der Waals surface area (Å²) in [7, 11) is 0. The van der Waals surface area contributed by atoms with Gasteiger partial charge in [-0.25, -0.2) is 4.68 Å². The molecular weight excluding hydrogens is 305 g/mol. The molecule has 21 heavy (non-hydrogen) atoms. The van der Waals surface area contributed by atoms with Crippen LogP contribution in [-0.2, 0) is 0 Å². The molecule has 1 heterocycles. The fraction of sp³-hybridized carbons (Fsp3) is 0.0625. The van der Waals surface area contributed by atoms with Crippen molar-refractivity contribution in [3.05, 3.63) is 64.1 Å². The molecule has 0 saturated carbocycles. The van der Waals surface area contributed by atoms with Crippen molar-refractivity contribution in [3.63, 3.8) is 0 Å². The molecule has 0 aliphatic rings. The van der Waals surface area contributed by atoms with Gasteiger partial charge >= 0.3 is 0 Å². The number of benzene rings is 2. The summed E-state index contributed by atoms with van der Waals surface area (Å²) in [6.07, 6.45) is 0. The highest BCUT2D eigenvalue weighted by atomic mass is 35.5. The van der Waals surface area contributed by atoms with Crippen molar-refractivity contribution in [3.8, 4) is 16.9 Å². The minimum absolute atomic E-state index is 0.501. The van der Waals surface area contributed by atoms with Crippen LogP contribution in [0.15, 0.2) is 48.5 Å². The third-order valence-electron chi connectivity index (χ3n) is 3.36. The lowest BCUT2D eigenvalue weighted by Crippen LogP contribution is -2.01. The fourth-order valence-electron chi connectivity index (χ4n) is 2.19. The van der Waals surface area contributed by atoms with Gasteiger partial charge in [0.15, 0.2) is 0 Å².